The topological polar surface area (TPSA) is 85.4 Å². The number of aromatic nitrogens is 1. The number of ether oxygens (including phenoxy) is 1. The molecule has 0 saturated carbocycles. The summed E-state index contributed by atoms with van der Waals surface area (Å²) in [7, 11) is -3.93. The van der Waals surface area contributed by atoms with E-state index in [4.69, 9.17) is 16.3 Å². The van der Waals surface area contributed by atoms with Crippen LogP contribution in [0.1, 0.15) is 11.3 Å². The van der Waals surface area contributed by atoms with E-state index in [0.717, 1.165) is 28.7 Å². The number of rotatable bonds is 7. The predicted molar refractivity (Wildman–Crippen MR) is 109 cm³/mol. The third-order valence-corrected chi connectivity index (χ3v) is 6.54. The predicted octanol–water partition coefficient (Wildman–Crippen LogP) is 3.89. The highest BCUT2D eigenvalue weighted by Gasteiger charge is 2.18. The number of thiophene rings is 1. The molecule has 0 aliphatic heterocycles. The molecule has 144 valence electrons. The third kappa shape index (κ3) is 5.66. The normalized spacial score (nSPS) is 11.5. The highest BCUT2D eigenvalue weighted by molar-refractivity contribution is 7.92. The molecule has 2 heterocycles. The molecule has 6 nitrogen and oxygen atoms in total. The van der Waals surface area contributed by atoms with Crippen LogP contribution in [-0.4, -0.2) is 19.3 Å². The average molecular weight is 435 g/mol. The van der Waals surface area contributed by atoms with Crippen LogP contribution in [-0.2, 0) is 21.4 Å². The molecule has 1 aromatic carbocycles. The van der Waals surface area contributed by atoms with Crippen molar-refractivity contribution in [2.24, 2.45) is 0 Å². The van der Waals surface area contributed by atoms with Crippen LogP contribution in [0, 0.1) is 0 Å². The second kappa shape index (κ2) is 9.01. The first kappa shape index (κ1) is 20.1. The Morgan fingerprint density at radius 1 is 1.14 bits per heavy atom. The van der Waals surface area contributed by atoms with Crippen LogP contribution >= 0.6 is 22.9 Å². The number of hydrogen-bond acceptors (Lipinski definition) is 6. The number of pyridine rings is 1. The lowest BCUT2D eigenvalue weighted by molar-refractivity contribution is -0.114. The molecule has 0 aliphatic carbocycles. The maximum absolute atomic E-state index is 12.1. The van der Waals surface area contributed by atoms with Crippen LogP contribution in [0.4, 0.5) is 0 Å². The second-order valence-corrected chi connectivity index (χ2v) is 9.16. The fourth-order valence-electron chi connectivity index (χ4n) is 2.15. The van der Waals surface area contributed by atoms with Crippen molar-refractivity contribution in [2.75, 3.05) is 0 Å². The molecule has 0 radical (unpaired) electrons. The Morgan fingerprint density at radius 3 is 2.57 bits per heavy atom. The summed E-state index contributed by atoms with van der Waals surface area (Å²) >= 11 is 6.60. The van der Waals surface area contributed by atoms with E-state index < -0.39 is 15.9 Å². The van der Waals surface area contributed by atoms with Gasteiger partial charge in [-0.1, -0.05) is 29.8 Å². The summed E-state index contributed by atoms with van der Waals surface area (Å²) in [5.74, 6) is -0.0931. The minimum absolute atomic E-state index is 0.0198. The lowest BCUT2D eigenvalue weighted by Gasteiger charge is -2.05. The molecule has 1 N–H and O–H groups in total. The Bertz CT molecular complexity index is 1080. The average Bonchev–Trinajstić information content (AvgIpc) is 3.13. The van der Waals surface area contributed by atoms with Crippen LogP contribution in [0.2, 0.25) is 4.34 Å². The van der Waals surface area contributed by atoms with Gasteiger partial charge in [0.2, 0.25) is 0 Å². The zero-order chi connectivity index (χ0) is 20.0. The first-order chi connectivity index (χ1) is 13.4. The minimum atomic E-state index is -3.93. The molecule has 0 fully saturated rings. The zero-order valence-electron chi connectivity index (χ0n) is 14.4. The number of carbonyl (C=O) groups excluding carboxylic acids is 1. The van der Waals surface area contributed by atoms with E-state index >= 15 is 0 Å². The van der Waals surface area contributed by atoms with Gasteiger partial charge < -0.3 is 4.74 Å². The van der Waals surface area contributed by atoms with Crippen LogP contribution in [0.25, 0.3) is 6.08 Å². The highest BCUT2D eigenvalue weighted by Crippen LogP contribution is 2.25. The van der Waals surface area contributed by atoms with Gasteiger partial charge in [-0.2, -0.15) is 0 Å². The molecule has 28 heavy (non-hydrogen) atoms. The van der Waals surface area contributed by atoms with E-state index in [-0.39, 0.29) is 4.21 Å². The van der Waals surface area contributed by atoms with Gasteiger partial charge in [-0.25, -0.2) is 13.1 Å². The van der Waals surface area contributed by atoms with Crippen molar-refractivity contribution >= 4 is 44.9 Å². The van der Waals surface area contributed by atoms with Crippen molar-refractivity contribution in [3.63, 3.8) is 0 Å². The van der Waals surface area contributed by atoms with E-state index in [2.05, 4.69) is 4.98 Å². The summed E-state index contributed by atoms with van der Waals surface area (Å²) in [5, 5.41) is 0. The number of benzene rings is 1. The van der Waals surface area contributed by atoms with Gasteiger partial charge in [0.1, 0.15) is 16.6 Å². The zero-order valence-corrected chi connectivity index (χ0v) is 16.8. The third-order valence-electron chi connectivity index (χ3n) is 3.47. The summed E-state index contributed by atoms with van der Waals surface area (Å²) in [4.78, 5) is 16.1. The molecule has 0 spiro atoms. The summed E-state index contributed by atoms with van der Waals surface area (Å²) in [6.07, 6.45) is 4.36. The molecule has 3 rings (SSSR count). The summed E-state index contributed by atoms with van der Waals surface area (Å²) in [6, 6.07) is 15.4. The minimum Gasteiger partial charge on any atom is -0.487 e. The molecule has 0 aliphatic rings. The lowest BCUT2D eigenvalue weighted by atomic mass is 10.2. The Kier molecular flexibility index (Phi) is 6.45. The number of amides is 1. The molecule has 0 saturated heterocycles. The summed E-state index contributed by atoms with van der Waals surface area (Å²) in [5.41, 5.74) is 1.54. The van der Waals surface area contributed by atoms with Gasteiger partial charge in [-0.3, -0.25) is 9.78 Å². The van der Waals surface area contributed by atoms with Crippen molar-refractivity contribution < 1.29 is 17.9 Å². The fourth-order valence-corrected chi connectivity index (χ4v) is 4.57. The number of sulfonamides is 1. The van der Waals surface area contributed by atoms with Crippen LogP contribution in [0.3, 0.4) is 0 Å². The van der Waals surface area contributed by atoms with E-state index in [0.29, 0.717) is 16.7 Å². The first-order valence-corrected chi connectivity index (χ1v) is 10.7. The molecular weight excluding hydrogens is 420 g/mol. The number of halogens is 1. The summed E-state index contributed by atoms with van der Waals surface area (Å²) < 4.78 is 32.0. The Balaban J connectivity index is 1.55. The summed E-state index contributed by atoms with van der Waals surface area (Å²) in [6.45, 7) is 0.350. The maximum Gasteiger partial charge on any atom is 0.273 e. The van der Waals surface area contributed by atoms with Gasteiger partial charge in [0.25, 0.3) is 15.9 Å². The number of nitrogens with zero attached hydrogens (tertiary/aromatic N) is 1. The quantitative estimate of drug-likeness (QED) is 0.570. The standard InChI is InChI=1S/C19H15ClN2O4S2/c20-17-9-11-19(27-17)28(24,25)22-18(23)10-6-14-4-7-16(8-5-14)26-13-15-3-1-2-12-21-15/h1-12H,13H2,(H,22,23). The molecule has 3 aromatic rings. The molecule has 9 heteroatoms. The Morgan fingerprint density at radius 2 is 1.93 bits per heavy atom. The van der Waals surface area contributed by atoms with Crippen molar-refractivity contribution in [1.29, 1.82) is 0 Å². The van der Waals surface area contributed by atoms with Crippen molar-refractivity contribution in [1.82, 2.24) is 9.71 Å². The van der Waals surface area contributed by atoms with Crippen LogP contribution < -0.4 is 9.46 Å². The van der Waals surface area contributed by atoms with Crippen LogP contribution in [0.15, 0.2) is 71.1 Å². The fraction of sp³-hybridized carbons (Fsp3) is 0.0526. The van der Waals surface area contributed by atoms with Gasteiger partial charge in [-0.15, -0.1) is 11.3 Å². The number of hydrogen-bond donors (Lipinski definition) is 1. The number of carbonyl (C=O) groups is 1. The molecule has 2 aromatic heterocycles. The smallest absolute Gasteiger partial charge is 0.273 e. The van der Waals surface area contributed by atoms with E-state index in [1.807, 2.05) is 22.9 Å². The van der Waals surface area contributed by atoms with Crippen molar-refractivity contribution in [3.05, 3.63) is 82.5 Å². The second-order valence-electron chi connectivity index (χ2n) is 5.54. The highest BCUT2D eigenvalue weighted by atomic mass is 35.5. The van der Waals surface area contributed by atoms with Crippen molar-refractivity contribution in [2.45, 2.75) is 10.8 Å². The SMILES string of the molecule is O=C(C=Cc1ccc(OCc2ccccn2)cc1)NS(=O)(=O)c1ccc(Cl)s1. The van der Waals surface area contributed by atoms with Gasteiger partial charge in [0.05, 0.1) is 10.0 Å². The van der Waals surface area contributed by atoms with E-state index in [9.17, 15) is 13.2 Å². The lowest BCUT2D eigenvalue weighted by Crippen LogP contribution is -2.28. The first-order valence-electron chi connectivity index (χ1n) is 8.05. The van der Waals surface area contributed by atoms with Gasteiger partial charge in [-0.05, 0) is 48.0 Å². The molecule has 0 atom stereocenters. The van der Waals surface area contributed by atoms with Crippen LogP contribution in [0.5, 0.6) is 5.75 Å². The number of nitrogens with one attached hydrogen (secondary N) is 1. The van der Waals surface area contributed by atoms with Gasteiger partial charge in [0, 0.05) is 12.3 Å². The maximum atomic E-state index is 12.1. The molecule has 0 unspecified atom stereocenters. The van der Waals surface area contributed by atoms with E-state index in [1.54, 1.807) is 30.5 Å². The monoisotopic (exact) mass is 434 g/mol. The largest absolute Gasteiger partial charge is 0.487 e. The molecule has 0 bridgehead atoms. The van der Waals surface area contributed by atoms with Gasteiger partial charge in [0.15, 0.2) is 0 Å². The van der Waals surface area contributed by atoms with Crippen molar-refractivity contribution in [3.8, 4) is 5.75 Å². The molecule has 1 amide bonds. The van der Waals surface area contributed by atoms with E-state index in [1.165, 1.54) is 18.2 Å². The molecular formula is C19H15ClN2O4S2. The van der Waals surface area contributed by atoms with Gasteiger partial charge >= 0.3 is 0 Å². The Hall–Kier alpha value is -2.68. The Labute approximate surface area is 171 Å².